The lowest BCUT2D eigenvalue weighted by Gasteiger charge is -2.24. The first kappa shape index (κ1) is 28.4. The van der Waals surface area contributed by atoms with Gasteiger partial charge in [-0.15, -0.1) is 0 Å². The van der Waals surface area contributed by atoms with Crippen LogP contribution in [0.1, 0.15) is 17.0 Å². The molecule has 3 aromatic carbocycles. The third kappa shape index (κ3) is 6.35. The number of hydrogen-bond acceptors (Lipinski definition) is 5. The van der Waals surface area contributed by atoms with Crippen LogP contribution in [0.4, 0.5) is 5.69 Å². The number of carbonyl (C=O) groups excluding carboxylic acids is 1. The van der Waals surface area contributed by atoms with Crippen LogP contribution in [0.2, 0.25) is 5.02 Å². The van der Waals surface area contributed by atoms with Crippen molar-refractivity contribution in [1.29, 1.82) is 0 Å². The van der Waals surface area contributed by atoms with Crippen LogP contribution in [0.5, 0.6) is 5.75 Å². The molecular formula is C28H26BrClN4O4S. The topological polar surface area (TPSA) is 93.0 Å². The SMILES string of the molecule is COc1ccc(N(CC(=O)N/N=C\c2cc(C)n(-c3cccc(Br)c3)c2C)S(=O)(=O)c2ccccc2)cc1Cl. The molecule has 0 fully saturated rings. The number of rotatable bonds is 9. The van der Waals surface area contributed by atoms with E-state index in [4.69, 9.17) is 16.3 Å². The predicted octanol–water partition coefficient (Wildman–Crippen LogP) is 5.86. The van der Waals surface area contributed by atoms with Gasteiger partial charge in [-0.25, -0.2) is 13.8 Å². The predicted molar refractivity (Wildman–Crippen MR) is 158 cm³/mol. The molecule has 4 rings (SSSR count). The van der Waals surface area contributed by atoms with Gasteiger partial charge in [-0.2, -0.15) is 5.10 Å². The molecule has 0 atom stereocenters. The van der Waals surface area contributed by atoms with Crippen LogP contribution in [-0.2, 0) is 14.8 Å². The zero-order valence-electron chi connectivity index (χ0n) is 21.4. The number of benzene rings is 3. The lowest BCUT2D eigenvalue weighted by molar-refractivity contribution is -0.119. The largest absolute Gasteiger partial charge is 0.495 e. The van der Waals surface area contributed by atoms with Gasteiger partial charge < -0.3 is 9.30 Å². The number of hydrazone groups is 1. The van der Waals surface area contributed by atoms with Gasteiger partial charge in [0, 0.05) is 27.1 Å². The van der Waals surface area contributed by atoms with Gasteiger partial charge in [-0.3, -0.25) is 9.10 Å². The summed E-state index contributed by atoms with van der Waals surface area (Å²) in [5.41, 5.74) is 6.38. The number of methoxy groups -OCH3 is 1. The molecule has 11 heteroatoms. The number of aromatic nitrogens is 1. The van der Waals surface area contributed by atoms with Crippen LogP contribution in [-0.4, -0.2) is 38.8 Å². The van der Waals surface area contributed by atoms with Crippen molar-refractivity contribution in [1.82, 2.24) is 9.99 Å². The quantitative estimate of drug-likeness (QED) is 0.185. The number of halogens is 2. The van der Waals surface area contributed by atoms with Crippen LogP contribution in [0.25, 0.3) is 5.69 Å². The summed E-state index contributed by atoms with van der Waals surface area (Å²) < 4.78 is 36.2. The third-order valence-corrected chi connectivity index (χ3v) is 8.55. The van der Waals surface area contributed by atoms with Crippen LogP contribution in [0.15, 0.2) is 93.3 Å². The minimum Gasteiger partial charge on any atom is -0.495 e. The highest BCUT2D eigenvalue weighted by atomic mass is 79.9. The van der Waals surface area contributed by atoms with E-state index >= 15 is 0 Å². The molecular weight excluding hydrogens is 604 g/mol. The molecule has 0 bridgehead atoms. The highest BCUT2D eigenvalue weighted by Gasteiger charge is 2.27. The molecule has 0 aliphatic heterocycles. The van der Waals surface area contributed by atoms with Gasteiger partial charge in [-0.05, 0) is 68.4 Å². The summed E-state index contributed by atoms with van der Waals surface area (Å²) in [6.45, 7) is 3.42. The standard InChI is InChI=1S/C28H26BrClN4O4S/c1-19-14-21(20(2)34(19)24-9-7-8-22(29)15-24)17-31-32-28(35)18-33(23-12-13-27(38-3)26(30)16-23)39(36,37)25-10-5-4-6-11-25/h4-17H,18H2,1-3H3,(H,32,35)/b31-17-. The van der Waals surface area contributed by atoms with E-state index in [-0.39, 0.29) is 15.6 Å². The second-order valence-corrected chi connectivity index (χ2v) is 11.8. The maximum absolute atomic E-state index is 13.5. The summed E-state index contributed by atoms with van der Waals surface area (Å²) in [7, 11) is -2.63. The summed E-state index contributed by atoms with van der Waals surface area (Å²) in [4.78, 5) is 13.0. The second kappa shape index (κ2) is 12.1. The first-order valence-corrected chi connectivity index (χ1v) is 14.4. The van der Waals surface area contributed by atoms with Gasteiger partial charge in [0.05, 0.1) is 28.9 Å². The molecule has 0 aliphatic carbocycles. The van der Waals surface area contributed by atoms with Crippen molar-refractivity contribution in [3.63, 3.8) is 0 Å². The normalized spacial score (nSPS) is 11.5. The number of nitrogens with one attached hydrogen (secondary N) is 1. The molecule has 0 unspecified atom stereocenters. The fourth-order valence-corrected chi connectivity index (χ4v) is 6.19. The molecule has 0 saturated carbocycles. The lowest BCUT2D eigenvalue weighted by atomic mass is 10.2. The van der Waals surface area contributed by atoms with Crippen LogP contribution in [0.3, 0.4) is 0 Å². The van der Waals surface area contributed by atoms with Crippen molar-refractivity contribution >= 4 is 55.4 Å². The molecule has 0 radical (unpaired) electrons. The van der Waals surface area contributed by atoms with Gasteiger partial charge in [-0.1, -0.05) is 51.8 Å². The summed E-state index contributed by atoms with van der Waals surface area (Å²) in [6, 6.07) is 22.2. The Kier molecular flexibility index (Phi) is 8.79. The Balaban J connectivity index is 1.57. The molecule has 4 aromatic rings. The van der Waals surface area contributed by atoms with Crippen LogP contribution < -0.4 is 14.5 Å². The smallest absolute Gasteiger partial charge is 0.264 e. The number of aryl methyl sites for hydroxylation is 1. The van der Waals surface area contributed by atoms with Gasteiger partial charge in [0.2, 0.25) is 0 Å². The van der Waals surface area contributed by atoms with E-state index in [9.17, 15) is 13.2 Å². The summed E-state index contributed by atoms with van der Waals surface area (Å²) in [6.07, 6.45) is 1.54. The summed E-state index contributed by atoms with van der Waals surface area (Å²) in [5, 5.41) is 4.31. The van der Waals surface area contributed by atoms with Crippen molar-refractivity contribution in [2.75, 3.05) is 18.0 Å². The third-order valence-electron chi connectivity index (χ3n) is 5.97. The zero-order chi connectivity index (χ0) is 28.2. The van der Waals surface area contributed by atoms with Crippen molar-refractivity contribution in [2.24, 2.45) is 5.10 Å². The molecule has 8 nitrogen and oxygen atoms in total. The number of sulfonamides is 1. The fourth-order valence-electron chi connectivity index (χ4n) is 4.12. The summed E-state index contributed by atoms with van der Waals surface area (Å²) in [5.74, 6) is -0.245. The van der Waals surface area contributed by atoms with Gasteiger partial charge in [0.25, 0.3) is 15.9 Å². The van der Waals surface area contributed by atoms with E-state index in [0.29, 0.717) is 5.75 Å². The molecule has 0 saturated heterocycles. The molecule has 39 heavy (non-hydrogen) atoms. The number of hydrogen-bond donors (Lipinski definition) is 1. The highest BCUT2D eigenvalue weighted by molar-refractivity contribution is 9.10. The van der Waals surface area contributed by atoms with Gasteiger partial charge in [0.15, 0.2) is 0 Å². The number of anilines is 1. The number of ether oxygens (including phenoxy) is 1. The number of carbonyl (C=O) groups is 1. The van der Waals surface area contributed by atoms with Crippen molar-refractivity contribution in [3.05, 3.63) is 105 Å². The molecule has 1 aromatic heterocycles. The highest BCUT2D eigenvalue weighted by Crippen LogP contribution is 2.32. The number of nitrogens with zero attached hydrogens (tertiary/aromatic N) is 3. The van der Waals surface area contributed by atoms with Crippen molar-refractivity contribution in [2.45, 2.75) is 18.7 Å². The van der Waals surface area contributed by atoms with E-state index in [0.717, 1.165) is 31.4 Å². The van der Waals surface area contributed by atoms with Gasteiger partial charge in [0.1, 0.15) is 12.3 Å². The summed E-state index contributed by atoms with van der Waals surface area (Å²) >= 11 is 9.77. The maximum atomic E-state index is 13.5. The maximum Gasteiger partial charge on any atom is 0.264 e. The Morgan fingerprint density at radius 2 is 1.82 bits per heavy atom. The first-order valence-electron chi connectivity index (χ1n) is 11.8. The van der Waals surface area contributed by atoms with Gasteiger partial charge >= 0.3 is 0 Å². The van der Waals surface area contributed by atoms with Crippen molar-refractivity contribution in [3.8, 4) is 11.4 Å². The Hall–Kier alpha value is -3.60. The first-order chi connectivity index (χ1) is 18.6. The van der Waals surface area contributed by atoms with E-state index in [2.05, 4.69) is 31.0 Å². The van der Waals surface area contributed by atoms with E-state index in [1.807, 2.05) is 44.2 Å². The minimum atomic E-state index is -4.09. The molecule has 1 amide bonds. The Morgan fingerprint density at radius 3 is 2.49 bits per heavy atom. The average molecular weight is 630 g/mol. The number of amides is 1. The monoisotopic (exact) mass is 628 g/mol. The zero-order valence-corrected chi connectivity index (χ0v) is 24.6. The lowest BCUT2D eigenvalue weighted by Crippen LogP contribution is -2.39. The molecule has 0 aliphatic rings. The van der Waals surface area contributed by atoms with E-state index in [1.165, 1.54) is 37.6 Å². The minimum absolute atomic E-state index is 0.0354. The van der Waals surface area contributed by atoms with Crippen LogP contribution in [0, 0.1) is 13.8 Å². The van der Waals surface area contributed by atoms with Crippen LogP contribution >= 0.6 is 27.5 Å². The Morgan fingerprint density at radius 1 is 1.08 bits per heavy atom. The molecule has 1 heterocycles. The Labute approximate surface area is 241 Å². The van der Waals surface area contributed by atoms with E-state index in [1.54, 1.807) is 24.3 Å². The molecule has 1 N–H and O–H groups in total. The second-order valence-electron chi connectivity index (χ2n) is 8.58. The van der Waals surface area contributed by atoms with E-state index < -0.39 is 22.5 Å². The fraction of sp³-hybridized carbons (Fsp3) is 0.143. The molecule has 0 spiro atoms. The molecule has 202 valence electrons. The average Bonchev–Trinajstić information content (AvgIpc) is 3.20. The Bertz CT molecular complexity index is 1640. The van der Waals surface area contributed by atoms with Crippen molar-refractivity contribution < 1.29 is 17.9 Å².